The van der Waals surface area contributed by atoms with Crippen LogP contribution in [0.3, 0.4) is 0 Å². The third-order valence-electron chi connectivity index (χ3n) is 4.08. The predicted molar refractivity (Wildman–Crippen MR) is 104 cm³/mol. The molecular weight excluding hydrogens is 365 g/mol. The molecule has 0 saturated heterocycles. The Kier molecular flexibility index (Phi) is 4.82. The maximum Gasteiger partial charge on any atom is 0.117 e. The Labute approximate surface area is 155 Å². The van der Waals surface area contributed by atoms with E-state index >= 15 is 0 Å². The minimum atomic E-state index is -0.0785. The monoisotopic (exact) mass is 379 g/mol. The Morgan fingerprint density at radius 3 is 2.54 bits per heavy atom. The summed E-state index contributed by atoms with van der Waals surface area (Å²) < 4.78 is 0. The summed E-state index contributed by atoms with van der Waals surface area (Å²) in [6.45, 7) is 5.62. The summed E-state index contributed by atoms with van der Waals surface area (Å²) in [4.78, 5) is 3.38. The summed E-state index contributed by atoms with van der Waals surface area (Å²) in [5.41, 5.74) is 4.34. The number of hydrogen-bond acceptors (Lipinski definition) is 1. The van der Waals surface area contributed by atoms with Crippen molar-refractivity contribution in [2.75, 3.05) is 0 Å². The van der Waals surface area contributed by atoms with Crippen molar-refractivity contribution in [2.45, 2.75) is 19.8 Å². The predicted octanol–water partition coefficient (Wildman–Crippen LogP) is 6.81. The molecule has 0 fully saturated rings. The molecule has 2 N–H and O–H groups in total. The Hall–Kier alpha value is -1.61. The lowest BCUT2D eigenvalue weighted by Crippen LogP contribution is -1.95. The highest BCUT2D eigenvalue weighted by atomic mass is 35.5. The van der Waals surface area contributed by atoms with E-state index in [0.717, 1.165) is 33.6 Å². The van der Waals surface area contributed by atoms with Gasteiger partial charge >= 0.3 is 0 Å². The van der Waals surface area contributed by atoms with Crippen LogP contribution in [-0.4, -0.2) is 10.1 Å². The highest BCUT2D eigenvalue weighted by Crippen LogP contribution is 2.34. The van der Waals surface area contributed by atoms with Gasteiger partial charge in [0.05, 0.1) is 10.0 Å². The van der Waals surface area contributed by atoms with Gasteiger partial charge in [0.1, 0.15) is 5.76 Å². The van der Waals surface area contributed by atoms with Crippen molar-refractivity contribution in [3.8, 4) is 0 Å². The molecule has 2 nitrogen and oxygen atoms in total. The van der Waals surface area contributed by atoms with Crippen LogP contribution in [0.2, 0.25) is 15.1 Å². The van der Waals surface area contributed by atoms with Gasteiger partial charge in [-0.05, 0) is 47.9 Å². The first-order valence-electron chi connectivity index (χ1n) is 7.55. The quantitative estimate of drug-likeness (QED) is 0.479. The van der Waals surface area contributed by atoms with Crippen molar-refractivity contribution in [2.24, 2.45) is 0 Å². The summed E-state index contributed by atoms with van der Waals surface area (Å²) >= 11 is 19.1. The molecule has 3 aromatic rings. The van der Waals surface area contributed by atoms with Gasteiger partial charge in [-0.15, -0.1) is 0 Å². The highest BCUT2D eigenvalue weighted by molar-refractivity contribution is 6.37. The van der Waals surface area contributed by atoms with E-state index < -0.39 is 0 Å². The highest BCUT2D eigenvalue weighted by Gasteiger charge is 2.15. The lowest BCUT2D eigenvalue weighted by molar-refractivity contribution is 0.514. The van der Waals surface area contributed by atoms with Crippen LogP contribution in [-0.2, 0) is 12.8 Å². The number of nitrogens with one attached hydrogen (secondary N) is 1. The van der Waals surface area contributed by atoms with E-state index in [-0.39, 0.29) is 5.76 Å². The summed E-state index contributed by atoms with van der Waals surface area (Å²) in [7, 11) is 0. The number of aromatic nitrogens is 1. The average molecular weight is 381 g/mol. The fourth-order valence-electron chi connectivity index (χ4n) is 2.78. The van der Waals surface area contributed by atoms with Gasteiger partial charge < -0.3 is 10.1 Å². The molecule has 0 bridgehead atoms. The van der Waals surface area contributed by atoms with Crippen LogP contribution in [0.15, 0.2) is 36.9 Å². The lowest BCUT2D eigenvalue weighted by atomic mass is 10.0. The fraction of sp³-hybridized carbons (Fsp3) is 0.158. The molecule has 1 aromatic heterocycles. The molecule has 0 unspecified atom stereocenters. The van der Waals surface area contributed by atoms with E-state index in [0.29, 0.717) is 22.0 Å². The molecule has 5 heteroatoms. The van der Waals surface area contributed by atoms with Crippen LogP contribution in [0, 0.1) is 0 Å². The van der Waals surface area contributed by atoms with E-state index in [1.807, 2.05) is 12.1 Å². The normalized spacial score (nSPS) is 11.2. The molecule has 124 valence electrons. The van der Waals surface area contributed by atoms with Gasteiger partial charge in [0.15, 0.2) is 0 Å². The Bertz CT molecular complexity index is 943. The van der Waals surface area contributed by atoms with Crippen molar-refractivity contribution in [1.29, 1.82) is 0 Å². The molecule has 3 rings (SSSR count). The van der Waals surface area contributed by atoms with Gasteiger partial charge in [-0.25, -0.2) is 0 Å². The molecule has 0 atom stereocenters. The van der Waals surface area contributed by atoms with Crippen molar-refractivity contribution in [3.05, 3.63) is 74.4 Å². The molecule has 0 aliphatic rings. The molecule has 24 heavy (non-hydrogen) atoms. The van der Waals surface area contributed by atoms with Gasteiger partial charge in [0.2, 0.25) is 0 Å². The van der Waals surface area contributed by atoms with Gasteiger partial charge in [-0.3, -0.25) is 0 Å². The van der Waals surface area contributed by atoms with Crippen LogP contribution >= 0.6 is 34.8 Å². The van der Waals surface area contributed by atoms with Crippen LogP contribution in [0.1, 0.15) is 29.3 Å². The molecule has 0 radical (unpaired) electrons. The van der Waals surface area contributed by atoms with E-state index in [9.17, 15) is 5.11 Å². The number of aliphatic hydroxyl groups is 1. The number of hydrogen-bond donors (Lipinski definition) is 2. The van der Waals surface area contributed by atoms with Crippen molar-refractivity contribution in [3.63, 3.8) is 0 Å². The number of aliphatic hydroxyl groups excluding tert-OH is 1. The number of halogens is 3. The first-order chi connectivity index (χ1) is 11.4. The van der Waals surface area contributed by atoms with E-state index in [4.69, 9.17) is 34.8 Å². The number of H-pyrrole nitrogens is 1. The minimum absolute atomic E-state index is 0.0785. The Morgan fingerprint density at radius 1 is 1.12 bits per heavy atom. The molecule has 1 heterocycles. The second-order valence-electron chi connectivity index (χ2n) is 5.70. The Morgan fingerprint density at radius 2 is 1.88 bits per heavy atom. The largest absolute Gasteiger partial charge is 0.508 e. The summed E-state index contributed by atoms with van der Waals surface area (Å²) in [6, 6.07) is 9.46. The van der Waals surface area contributed by atoms with E-state index in [2.05, 4.69) is 24.6 Å². The standard InChI is InChI=1S/C19H16Cl3NO/c1-3-11-6-17(21)14-8-12(23-18(14)7-11)9-15-16(20)5-4-13(10(2)24)19(15)22/h4-8,23-24H,2-3,9H2,1H3. The van der Waals surface area contributed by atoms with Crippen molar-refractivity contribution < 1.29 is 5.11 Å². The SMILES string of the molecule is C=C(O)c1ccc(Cl)c(Cc2cc3c(Cl)cc(CC)cc3[nH]2)c1Cl. The van der Waals surface area contributed by atoms with Crippen molar-refractivity contribution >= 4 is 51.5 Å². The second-order valence-corrected chi connectivity index (χ2v) is 6.89. The number of aryl methyl sites for hydroxylation is 1. The fourth-order valence-corrected chi connectivity index (χ4v) is 3.69. The first-order valence-corrected chi connectivity index (χ1v) is 8.69. The van der Waals surface area contributed by atoms with Crippen molar-refractivity contribution in [1.82, 2.24) is 4.98 Å². The maximum absolute atomic E-state index is 9.65. The zero-order valence-corrected chi connectivity index (χ0v) is 15.4. The van der Waals surface area contributed by atoms with Gasteiger partial charge in [0.25, 0.3) is 0 Å². The van der Waals surface area contributed by atoms with E-state index in [1.54, 1.807) is 12.1 Å². The lowest BCUT2D eigenvalue weighted by Gasteiger charge is -2.10. The van der Waals surface area contributed by atoms with Crippen LogP contribution < -0.4 is 0 Å². The molecule has 0 amide bonds. The summed E-state index contributed by atoms with van der Waals surface area (Å²) in [5.74, 6) is -0.0785. The minimum Gasteiger partial charge on any atom is -0.508 e. The molecule has 0 aliphatic heterocycles. The third kappa shape index (κ3) is 3.14. The van der Waals surface area contributed by atoms with Crippen LogP contribution in [0.25, 0.3) is 16.7 Å². The number of rotatable bonds is 4. The van der Waals surface area contributed by atoms with Gasteiger partial charge in [-0.2, -0.15) is 0 Å². The Balaban J connectivity index is 2.06. The second kappa shape index (κ2) is 6.72. The molecular formula is C19H16Cl3NO. The first kappa shape index (κ1) is 17.2. The zero-order valence-electron chi connectivity index (χ0n) is 13.1. The van der Waals surface area contributed by atoms with E-state index in [1.165, 1.54) is 5.56 Å². The zero-order chi connectivity index (χ0) is 17.4. The molecule has 0 aliphatic carbocycles. The number of aromatic amines is 1. The maximum atomic E-state index is 9.65. The number of fused-ring (bicyclic) bond motifs is 1. The van der Waals surface area contributed by atoms with Crippen LogP contribution in [0.5, 0.6) is 0 Å². The summed E-state index contributed by atoms with van der Waals surface area (Å²) in [6.07, 6.45) is 1.42. The number of benzene rings is 2. The van der Waals surface area contributed by atoms with Gasteiger partial charge in [0, 0.05) is 33.6 Å². The van der Waals surface area contributed by atoms with Crippen LogP contribution in [0.4, 0.5) is 0 Å². The summed E-state index contributed by atoms with van der Waals surface area (Å²) in [5, 5.41) is 12.3. The average Bonchev–Trinajstić information content (AvgIpc) is 2.94. The molecule has 0 spiro atoms. The smallest absolute Gasteiger partial charge is 0.117 e. The third-order valence-corrected chi connectivity index (χ3v) is 5.17. The molecule has 0 saturated carbocycles. The topological polar surface area (TPSA) is 36.0 Å². The molecule has 2 aromatic carbocycles. The van der Waals surface area contributed by atoms with Gasteiger partial charge in [-0.1, -0.05) is 48.3 Å².